The summed E-state index contributed by atoms with van der Waals surface area (Å²) in [4.78, 5) is 13.9. The van der Waals surface area contributed by atoms with Crippen LogP contribution < -0.4 is 4.74 Å². The second kappa shape index (κ2) is 8.62. The van der Waals surface area contributed by atoms with Gasteiger partial charge in [0, 0.05) is 30.8 Å². The Hall–Kier alpha value is -2.67. The van der Waals surface area contributed by atoms with Crippen molar-refractivity contribution in [3.05, 3.63) is 52.5 Å². The lowest BCUT2D eigenvalue weighted by Crippen LogP contribution is -2.31. The number of ether oxygens (including phenoxy) is 1. The van der Waals surface area contributed by atoms with Gasteiger partial charge in [-0.1, -0.05) is 12.1 Å². The van der Waals surface area contributed by atoms with E-state index in [0.29, 0.717) is 37.8 Å². The van der Waals surface area contributed by atoms with E-state index in [-0.39, 0.29) is 5.91 Å². The fourth-order valence-corrected chi connectivity index (χ4v) is 3.02. The van der Waals surface area contributed by atoms with Crippen molar-refractivity contribution in [2.24, 2.45) is 0 Å². The highest BCUT2D eigenvalue weighted by atomic mass is 32.1. The Morgan fingerprint density at radius 2 is 2.19 bits per heavy atom. The van der Waals surface area contributed by atoms with Gasteiger partial charge in [-0.15, -0.1) is 10.2 Å². The Morgan fingerprint density at radius 1 is 1.31 bits per heavy atom. The summed E-state index contributed by atoms with van der Waals surface area (Å²) in [5, 5.41) is 11.9. The molecule has 0 aliphatic carbocycles. The van der Waals surface area contributed by atoms with Crippen LogP contribution in [0, 0.1) is 6.92 Å². The molecule has 0 saturated carbocycles. The van der Waals surface area contributed by atoms with Gasteiger partial charge >= 0.3 is 0 Å². The van der Waals surface area contributed by atoms with Crippen LogP contribution >= 0.6 is 11.3 Å². The van der Waals surface area contributed by atoms with Gasteiger partial charge in [-0.25, -0.2) is 0 Å². The summed E-state index contributed by atoms with van der Waals surface area (Å²) in [5.41, 5.74) is 2.05. The molecule has 0 atom stereocenters. The largest absolute Gasteiger partial charge is 0.492 e. The van der Waals surface area contributed by atoms with Crippen LogP contribution in [0.15, 0.2) is 45.5 Å². The van der Waals surface area contributed by atoms with E-state index >= 15 is 0 Å². The molecule has 3 aromatic rings. The van der Waals surface area contributed by atoms with Crippen LogP contribution in [0.1, 0.15) is 17.9 Å². The lowest BCUT2D eigenvalue weighted by molar-refractivity contribution is -0.130. The number of carbonyl (C=O) groups is 1. The van der Waals surface area contributed by atoms with Gasteiger partial charge in [0.15, 0.2) is 0 Å². The number of hydrogen-bond donors (Lipinski definition) is 0. The van der Waals surface area contributed by atoms with Crippen LogP contribution in [0.4, 0.5) is 0 Å². The number of carbonyl (C=O) groups excluding carboxylic acids is 1. The summed E-state index contributed by atoms with van der Waals surface area (Å²) in [5.74, 6) is 1.81. The molecule has 1 aromatic carbocycles. The summed E-state index contributed by atoms with van der Waals surface area (Å²) in [6.07, 6.45) is 0.755. The van der Waals surface area contributed by atoms with Crippen molar-refractivity contribution >= 4 is 17.2 Å². The van der Waals surface area contributed by atoms with Gasteiger partial charge < -0.3 is 14.1 Å². The van der Waals surface area contributed by atoms with Crippen LogP contribution in [0.5, 0.6) is 5.75 Å². The Kier molecular flexibility index (Phi) is 6.01. The van der Waals surface area contributed by atoms with E-state index in [0.717, 1.165) is 16.9 Å². The number of hydrogen-bond acceptors (Lipinski definition) is 6. The summed E-state index contributed by atoms with van der Waals surface area (Å²) < 4.78 is 11.3. The molecule has 0 saturated heterocycles. The van der Waals surface area contributed by atoms with Gasteiger partial charge in [0.1, 0.15) is 12.4 Å². The Labute approximate surface area is 156 Å². The SMILES string of the molecule is Cc1cccc(OCCN(C)C(=O)CCc2nnc(-c3ccsc3)o2)c1. The minimum absolute atomic E-state index is 0.0214. The molecule has 1 amide bonds. The van der Waals surface area contributed by atoms with E-state index in [9.17, 15) is 4.79 Å². The maximum absolute atomic E-state index is 12.2. The highest BCUT2D eigenvalue weighted by Crippen LogP contribution is 2.20. The molecule has 136 valence electrons. The average molecular weight is 371 g/mol. The quantitative estimate of drug-likeness (QED) is 0.605. The van der Waals surface area contributed by atoms with Crippen molar-refractivity contribution < 1.29 is 13.9 Å². The molecule has 0 radical (unpaired) electrons. The predicted octanol–water partition coefficient (Wildman–Crippen LogP) is 3.58. The molecule has 3 rings (SSSR count). The monoisotopic (exact) mass is 371 g/mol. The van der Waals surface area contributed by atoms with Crippen molar-refractivity contribution in [3.63, 3.8) is 0 Å². The summed E-state index contributed by atoms with van der Waals surface area (Å²) in [6, 6.07) is 9.78. The van der Waals surface area contributed by atoms with E-state index < -0.39 is 0 Å². The summed E-state index contributed by atoms with van der Waals surface area (Å²) >= 11 is 1.57. The van der Waals surface area contributed by atoms with E-state index in [1.165, 1.54) is 0 Å². The van der Waals surface area contributed by atoms with E-state index in [1.807, 2.05) is 48.0 Å². The third kappa shape index (κ3) is 4.92. The smallest absolute Gasteiger partial charge is 0.248 e. The number of aryl methyl sites for hydroxylation is 2. The first-order valence-corrected chi connectivity index (χ1v) is 9.34. The van der Waals surface area contributed by atoms with Crippen LogP contribution in [-0.4, -0.2) is 41.2 Å². The molecule has 0 N–H and O–H groups in total. The number of nitrogens with zero attached hydrogens (tertiary/aromatic N) is 3. The first-order valence-electron chi connectivity index (χ1n) is 8.40. The molecule has 6 nitrogen and oxygen atoms in total. The van der Waals surface area contributed by atoms with Gasteiger partial charge in [-0.2, -0.15) is 11.3 Å². The maximum atomic E-state index is 12.2. The Balaban J connectivity index is 1.41. The lowest BCUT2D eigenvalue weighted by Gasteiger charge is -2.17. The first kappa shape index (κ1) is 18.1. The Bertz CT molecular complexity index is 845. The molecule has 0 spiro atoms. The fourth-order valence-electron chi connectivity index (χ4n) is 2.39. The number of rotatable bonds is 8. The number of aromatic nitrogens is 2. The molecule has 0 fully saturated rings. The van der Waals surface area contributed by atoms with Gasteiger partial charge in [0.25, 0.3) is 0 Å². The first-order chi connectivity index (χ1) is 12.6. The van der Waals surface area contributed by atoms with Crippen molar-refractivity contribution in [1.29, 1.82) is 0 Å². The standard InChI is InChI=1S/C19H21N3O3S/c1-14-4-3-5-16(12-14)24-10-9-22(2)18(23)7-6-17-20-21-19(25-17)15-8-11-26-13-15/h3-5,8,11-13H,6-7,9-10H2,1-2H3. The third-order valence-electron chi connectivity index (χ3n) is 3.90. The zero-order chi connectivity index (χ0) is 18.4. The zero-order valence-electron chi connectivity index (χ0n) is 14.8. The van der Waals surface area contributed by atoms with Crippen LogP contribution in [0.2, 0.25) is 0 Å². The molecule has 0 unspecified atom stereocenters. The van der Waals surface area contributed by atoms with Gasteiger partial charge in [-0.05, 0) is 36.1 Å². The van der Waals surface area contributed by atoms with Crippen LogP contribution in [0.3, 0.4) is 0 Å². The van der Waals surface area contributed by atoms with Gasteiger partial charge in [-0.3, -0.25) is 4.79 Å². The molecule has 2 aromatic heterocycles. The molecule has 2 heterocycles. The Morgan fingerprint density at radius 3 is 2.96 bits per heavy atom. The maximum Gasteiger partial charge on any atom is 0.248 e. The van der Waals surface area contributed by atoms with Crippen LogP contribution in [-0.2, 0) is 11.2 Å². The van der Waals surface area contributed by atoms with Crippen molar-refractivity contribution in [2.45, 2.75) is 19.8 Å². The number of likely N-dealkylation sites (N-methyl/N-ethyl adjacent to an activating group) is 1. The van der Waals surface area contributed by atoms with Gasteiger partial charge in [0.2, 0.25) is 17.7 Å². The van der Waals surface area contributed by atoms with E-state index in [4.69, 9.17) is 9.15 Å². The minimum atomic E-state index is 0.0214. The zero-order valence-corrected chi connectivity index (χ0v) is 15.7. The van der Waals surface area contributed by atoms with Crippen molar-refractivity contribution in [1.82, 2.24) is 15.1 Å². The van der Waals surface area contributed by atoms with Crippen molar-refractivity contribution in [3.8, 4) is 17.2 Å². The number of thiophene rings is 1. The average Bonchev–Trinajstić information content (AvgIpc) is 3.31. The normalized spacial score (nSPS) is 10.7. The second-order valence-corrected chi connectivity index (χ2v) is 6.77. The molecule has 0 bridgehead atoms. The number of amides is 1. The highest BCUT2D eigenvalue weighted by molar-refractivity contribution is 7.08. The van der Waals surface area contributed by atoms with E-state index in [2.05, 4.69) is 10.2 Å². The molecule has 26 heavy (non-hydrogen) atoms. The lowest BCUT2D eigenvalue weighted by atomic mass is 10.2. The van der Waals surface area contributed by atoms with E-state index in [1.54, 1.807) is 23.3 Å². The molecule has 0 aliphatic rings. The highest BCUT2D eigenvalue weighted by Gasteiger charge is 2.13. The molecule has 0 aliphatic heterocycles. The third-order valence-corrected chi connectivity index (χ3v) is 4.58. The van der Waals surface area contributed by atoms with Crippen molar-refractivity contribution in [2.75, 3.05) is 20.2 Å². The summed E-state index contributed by atoms with van der Waals surface area (Å²) in [6.45, 7) is 3.00. The minimum Gasteiger partial charge on any atom is -0.492 e. The summed E-state index contributed by atoms with van der Waals surface area (Å²) in [7, 11) is 1.77. The molecule has 7 heteroatoms. The molecular weight excluding hydrogens is 350 g/mol. The second-order valence-electron chi connectivity index (χ2n) is 5.99. The number of benzene rings is 1. The van der Waals surface area contributed by atoms with Gasteiger partial charge in [0.05, 0.1) is 6.54 Å². The van der Waals surface area contributed by atoms with Crippen LogP contribution in [0.25, 0.3) is 11.5 Å². The molecular formula is C19H21N3O3S. The fraction of sp³-hybridized carbons (Fsp3) is 0.316. The topological polar surface area (TPSA) is 68.5 Å². The predicted molar refractivity (Wildman–Crippen MR) is 100 cm³/mol.